The molecule has 0 amide bonds. The molecule has 2 unspecified atom stereocenters. The second-order valence-electron chi connectivity index (χ2n) is 5.77. The van der Waals surface area contributed by atoms with E-state index in [1.807, 2.05) is 22.8 Å². The highest BCUT2D eigenvalue weighted by Gasteiger charge is 2.29. The lowest BCUT2D eigenvalue weighted by molar-refractivity contribution is 0.169. The molecule has 2 heterocycles. The zero-order valence-electron chi connectivity index (χ0n) is 12.7. The van der Waals surface area contributed by atoms with Crippen LogP contribution in [0.1, 0.15) is 13.8 Å². The van der Waals surface area contributed by atoms with Crippen LogP contribution in [0.25, 0.3) is 5.69 Å². The molecule has 1 aromatic carbocycles. The van der Waals surface area contributed by atoms with Crippen molar-refractivity contribution >= 4 is 18.2 Å². The molecule has 112 valence electrons. The molecule has 1 aliphatic rings. The summed E-state index contributed by atoms with van der Waals surface area (Å²) in [6, 6.07) is 11.1. The first-order valence-electron chi connectivity index (χ1n) is 7.27. The minimum Gasteiger partial charge on any atom is -0.338 e. The molecule has 0 bridgehead atoms. The van der Waals surface area contributed by atoms with Crippen LogP contribution in [0, 0.1) is 4.77 Å². The van der Waals surface area contributed by atoms with Crippen LogP contribution in [0.15, 0.2) is 30.3 Å². The van der Waals surface area contributed by atoms with E-state index in [0.717, 1.165) is 24.7 Å². The largest absolute Gasteiger partial charge is 0.338 e. The van der Waals surface area contributed by atoms with Crippen molar-refractivity contribution in [1.29, 1.82) is 0 Å². The van der Waals surface area contributed by atoms with Crippen LogP contribution in [-0.4, -0.2) is 51.9 Å². The Kier molecular flexibility index (Phi) is 3.82. The average Bonchev–Trinajstić information content (AvgIpc) is 2.87. The van der Waals surface area contributed by atoms with Gasteiger partial charge in [-0.1, -0.05) is 18.2 Å². The topological polar surface area (TPSA) is 40.1 Å². The van der Waals surface area contributed by atoms with Gasteiger partial charge in [0.2, 0.25) is 10.7 Å². The maximum absolute atomic E-state index is 5.41. The van der Waals surface area contributed by atoms with E-state index in [1.165, 1.54) is 0 Å². The van der Waals surface area contributed by atoms with Gasteiger partial charge in [-0.15, -0.1) is 5.10 Å². The van der Waals surface area contributed by atoms with Gasteiger partial charge in [0.1, 0.15) is 0 Å². The van der Waals surface area contributed by atoms with E-state index in [2.05, 4.69) is 53.0 Å². The molecule has 0 saturated carbocycles. The zero-order chi connectivity index (χ0) is 15.0. The number of hydrogen-bond donors (Lipinski definition) is 1. The first-order chi connectivity index (χ1) is 10.1. The van der Waals surface area contributed by atoms with Crippen molar-refractivity contribution in [3.63, 3.8) is 0 Å². The molecule has 21 heavy (non-hydrogen) atoms. The fraction of sp³-hybridized carbons (Fsp3) is 0.467. The van der Waals surface area contributed by atoms with E-state index in [9.17, 15) is 0 Å². The molecule has 5 nitrogen and oxygen atoms in total. The minimum absolute atomic E-state index is 0.489. The molecule has 1 aliphatic heterocycles. The van der Waals surface area contributed by atoms with Crippen LogP contribution >= 0.6 is 12.2 Å². The van der Waals surface area contributed by atoms with Gasteiger partial charge < -0.3 is 4.90 Å². The van der Waals surface area contributed by atoms with E-state index in [-0.39, 0.29) is 0 Å². The van der Waals surface area contributed by atoms with E-state index >= 15 is 0 Å². The summed E-state index contributed by atoms with van der Waals surface area (Å²) in [6.45, 7) is 6.40. The lowest BCUT2D eigenvalue weighted by Crippen LogP contribution is -2.55. The smallest absolute Gasteiger partial charge is 0.230 e. The molecule has 2 aromatic rings. The van der Waals surface area contributed by atoms with Crippen LogP contribution < -0.4 is 4.90 Å². The molecule has 0 aliphatic carbocycles. The number of anilines is 1. The Balaban J connectivity index is 1.99. The molecule has 1 saturated heterocycles. The van der Waals surface area contributed by atoms with Gasteiger partial charge in [-0.2, -0.15) is 0 Å². The number of aromatic amines is 1. The molecule has 6 heteroatoms. The van der Waals surface area contributed by atoms with Crippen LogP contribution in [0.4, 0.5) is 5.95 Å². The molecular weight excluding hydrogens is 282 g/mol. The molecule has 0 radical (unpaired) electrons. The number of piperazine rings is 1. The van der Waals surface area contributed by atoms with Crippen molar-refractivity contribution in [1.82, 2.24) is 19.7 Å². The number of nitrogens with one attached hydrogen (secondary N) is 1. The summed E-state index contributed by atoms with van der Waals surface area (Å²) in [5.41, 5.74) is 1.05. The molecule has 1 N–H and O–H groups in total. The SMILES string of the molecule is CC1CN(c2n[nH]c(=S)n2-c2ccccc2)CC(C)N1C. The van der Waals surface area contributed by atoms with Gasteiger partial charge in [0, 0.05) is 25.2 Å². The predicted molar refractivity (Wildman–Crippen MR) is 87.6 cm³/mol. The van der Waals surface area contributed by atoms with Gasteiger partial charge in [0.25, 0.3) is 0 Å². The highest BCUT2D eigenvalue weighted by molar-refractivity contribution is 7.71. The molecular formula is C15H21N5S. The van der Waals surface area contributed by atoms with Crippen molar-refractivity contribution in [3.8, 4) is 5.69 Å². The van der Waals surface area contributed by atoms with Crippen molar-refractivity contribution in [2.45, 2.75) is 25.9 Å². The van der Waals surface area contributed by atoms with Gasteiger partial charge >= 0.3 is 0 Å². The summed E-state index contributed by atoms with van der Waals surface area (Å²) in [5, 5.41) is 7.40. The minimum atomic E-state index is 0.489. The van der Waals surface area contributed by atoms with Crippen LogP contribution in [0.5, 0.6) is 0 Å². The first-order valence-corrected chi connectivity index (χ1v) is 7.68. The monoisotopic (exact) mass is 303 g/mol. The quantitative estimate of drug-likeness (QED) is 0.865. The molecule has 1 fully saturated rings. The third-order valence-electron chi connectivity index (χ3n) is 4.31. The third kappa shape index (κ3) is 2.61. The Labute approximate surface area is 130 Å². The second kappa shape index (κ2) is 5.61. The molecule has 0 spiro atoms. The second-order valence-corrected chi connectivity index (χ2v) is 6.15. The number of para-hydroxylation sites is 1. The summed E-state index contributed by atoms with van der Waals surface area (Å²) in [5.74, 6) is 0.901. The fourth-order valence-corrected chi connectivity index (χ4v) is 3.11. The van der Waals surface area contributed by atoms with Crippen LogP contribution in [0.2, 0.25) is 0 Å². The maximum atomic E-state index is 5.41. The van der Waals surface area contributed by atoms with Gasteiger partial charge in [-0.05, 0) is 45.2 Å². The van der Waals surface area contributed by atoms with Gasteiger partial charge in [-0.3, -0.25) is 9.47 Å². The lowest BCUT2D eigenvalue weighted by atomic mass is 10.1. The van der Waals surface area contributed by atoms with Gasteiger partial charge in [0.15, 0.2) is 0 Å². The number of hydrogen-bond acceptors (Lipinski definition) is 4. The number of H-pyrrole nitrogens is 1. The van der Waals surface area contributed by atoms with E-state index in [0.29, 0.717) is 16.9 Å². The Bertz CT molecular complexity index is 650. The van der Waals surface area contributed by atoms with Crippen molar-refractivity contribution in [2.24, 2.45) is 0 Å². The van der Waals surface area contributed by atoms with E-state index in [4.69, 9.17) is 12.2 Å². The molecule has 2 atom stereocenters. The van der Waals surface area contributed by atoms with Gasteiger partial charge in [-0.25, -0.2) is 5.10 Å². The number of aromatic nitrogens is 3. The van der Waals surface area contributed by atoms with E-state index < -0.39 is 0 Å². The standard InChI is InChI=1S/C15H21N5S/c1-11-9-19(10-12(2)18(11)3)14-16-17-15(21)20(14)13-7-5-4-6-8-13/h4-8,11-12H,9-10H2,1-3H3,(H,17,21). The highest BCUT2D eigenvalue weighted by atomic mass is 32.1. The number of likely N-dealkylation sites (N-methyl/N-ethyl adjacent to an activating group) is 1. The number of benzene rings is 1. The predicted octanol–water partition coefficient (Wildman–Crippen LogP) is 2.46. The zero-order valence-corrected chi connectivity index (χ0v) is 13.5. The highest BCUT2D eigenvalue weighted by Crippen LogP contribution is 2.22. The summed E-state index contributed by atoms with van der Waals surface area (Å²) < 4.78 is 2.65. The van der Waals surface area contributed by atoms with Crippen molar-refractivity contribution in [3.05, 3.63) is 35.1 Å². The first kappa shape index (κ1) is 14.3. The summed E-state index contributed by atoms with van der Waals surface area (Å²) in [7, 11) is 2.18. The van der Waals surface area contributed by atoms with E-state index in [1.54, 1.807) is 0 Å². The molecule has 1 aromatic heterocycles. The Morgan fingerprint density at radius 1 is 1.14 bits per heavy atom. The third-order valence-corrected chi connectivity index (χ3v) is 4.59. The summed E-state index contributed by atoms with van der Waals surface area (Å²) >= 11 is 5.41. The van der Waals surface area contributed by atoms with Crippen LogP contribution in [0.3, 0.4) is 0 Å². The number of rotatable bonds is 2. The molecule has 3 rings (SSSR count). The summed E-state index contributed by atoms with van der Waals surface area (Å²) in [6.07, 6.45) is 0. The Morgan fingerprint density at radius 2 is 1.76 bits per heavy atom. The fourth-order valence-electron chi connectivity index (χ4n) is 2.88. The lowest BCUT2D eigenvalue weighted by Gasteiger charge is -2.42. The van der Waals surface area contributed by atoms with Crippen molar-refractivity contribution < 1.29 is 0 Å². The Morgan fingerprint density at radius 3 is 2.38 bits per heavy atom. The maximum Gasteiger partial charge on any atom is 0.230 e. The Hall–Kier alpha value is -1.66. The normalized spacial score (nSPS) is 23.5. The van der Waals surface area contributed by atoms with Crippen LogP contribution in [-0.2, 0) is 0 Å². The summed E-state index contributed by atoms with van der Waals surface area (Å²) in [4.78, 5) is 4.72. The van der Waals surface area contributed by atoms with Gasteiger partial charge in [0.05, 0.1) is 5.69 Å². The number of nitrogens with zero attached hydrogens (tertiary/aromatic N) is 4. The average molecular weight is 303 g/mol. The van der Waals surface area contributed by atoms with Crippen molar-refractivity contribution in [2.75, 3.05) is 25.0 Å².